The summed E-state index contributed by atoms with van der Waals surface area (Å²) >= 11 is 0. The molecular weight excluding hydrogens is 166 g/mol. The molecule has 0 spiro atoms. The third-order valence-electron chi connectivity index (χ3n) is 1.79. The van der Waals surface area contributed by atoms with Crippen LogP contribution in [0.5, 0.6) is 0 Å². The summed E-state index contributed by atoms with van der Waals surface area (Å²) in [4.78, 5) is 12.5. The van der Waals surface area contributed by atoms with Crippen molar-refractivity contribution < 1.29 is 9.90 Å². The predicted molar refractivity (Wildman–Crippen MR) is 53.8 cm³/mol. The topological polar surface area (TPSA) is 40.5 Å². The molecule has 0 aliphatic rings. The lowest BCUT2D eigenvalue weighted by atomic mass is 9.96. The average molecular weight is 187 g/mol. The first kappa shape index (κ1) is 12.4. The highest BCUT2D eigenvalue weighted by atomic mass is 16.4. The van der Waals surface area contributed by atoms with Crippen LogP contribution in [0.15, 0.2) is 0 Å². The molecule has 0 fully saturated rings. The van der Waals surface area contributed by atoms with Gasteiger partial charge in [-0.15, -0.1) is 0 Å². The van der Waals surface area contributed by atoms with E-state index in [1.54, 1.807) is 0 Å². The Kier molecular flexibility index (Phi) is 4.99. The number of hydrogen-bond acceptors (Lipinski definition) is 2. The van der Waals surface area contributed by atoms with Crippen molar-refractivity contribution >= 4 is 5.97 Å². The van der Waals surface area contributed by atoms with Gasteiger partial charge in [-0.1, -0.05) is 27.7 Å². The van der Waals surface area contributed by atoms with E-state index in [0.717, 1.165) is 13.1 Å². The number of aliphatic carboxylic acids is 1. The second-order valence-electron chi connectivity index (χ2n) is 4.57. The summed E-state index contributed by atoms with van der Waals surface area (Å²) in [6, 6.07) is 0. The quantitative estimate of drug-likeness (QED) is 0.714. The average Bonchev–Trinajstić information content (AvgIpc) is 1.95. The maximum atomic E-state index is 10.4. The van der Waals surface area contributed by atoms with Crippen LogP contribution in [0.25, 0.3) is 0 Å². The number of rotatable bonds is 5. The Balaban J connectivity index is 3.83. The lowest BCUT2D eigenvalue weighted by Gasteiger charge is -2.28. The van der Waals surface area contributed by atoms with E-state index < -0.39 is 5.97 Å². The van der Waals surface area contributed by atoms with Crippen LogP contribution in [0.2, 0.25) is 0 Å². The molecule has 0 saturated carbocycles. The largest absolute Gasteiger partial charge is 0.481 e. The van der Waals surface area contributed by atoms with Gasteiger partial charge in [-0.05, 0) is 12.0 Å². The van der Waals surface area contributed by atoms with Gasteiger partial charge >= 0.3 is 5.97 Å². The lowest BCUT2D eigenvalue weighted by molar-refractivity contribution is -0.137. The van der Waals surface area contributed by atoms with Gasteiger partial charge < -0.3 is 10.0 Å². The summed E-state index contributed by atoms with van der Waals surface area (Å²) in [5.41, 5.74) is 0.245. The van der Waals surface area contributed by atoms with Gasteiger partial charge in [-0.3, -0.25) is 4.79 Å². The molecule has 0 aromatic carbocycles. The smallest absolute Gasteiger partial charge is 0.304 e. The molecule has 0 aromatic heterocycles. The Labute approximate surface area is 80.7 Å². The van der Waals surface area contributed by atoms with E-state index in [1.807, 2.05) is 0 Å². The molecule has 13 heavy (non-hydrogen) atoms. The number of nitrogens with zero attached hydrogens (tertiary/aromatic N) is 1. The number of carbonyl (C=O) groups is 1. The van der Waals surface area contributed by atoms with Crippen molar-refractivity contribution in [2.24, 2.45) is 5.41 Å². The predicted octanol–water partition coefficient (Wildman–Crippen LogP) is 1.83. The van der Waals surface area contributed by atoms with Crippen LogP contribution >= 0.6 is 0 Å². The molecule has 0 aliphatic heterocycles. The van der Waals surface area contributed by atoms with Crippen LogP contribution in [0.3, 0.4) is 0 Å². The van der Waals surface area contributed by atoms with E-state index >= 15 is 0 Å². The number of hydrogen-bond donors (Lipinski definition) is 1. The molecule has 0 bridgehead atoms. The van der Waals surface area contributed by atoms with E-state index in [-0.39, 0.29) is 11.8 Å². The van der Waals surface area contributed by atoms with Crippen LogP contribution in [-0.4, -0.2) is 35.6 Å². The molecule has 0 saturated heterocycles. The zero-order chi connectivity index (χ0) is 10.5. The van der Waals surface area contributed by atoms with Crippen molar-refractivity contribution in [1.82, 2.24) is 4.90 Å². The Morgan fingerprint density at radius 3 is 2.23 bits per heavy atom. The van der Waals surface area contributed by atoms with Crippen LogP contribution in [-0.2, 0) is 4.79 Å². The molecule has 0 heterocycles. The van der Waals surface area contributed by atoms with Crippen LogP contribution in [0, 0.1) is 5.41 Å². The van der Waals surface area contributed by atoms with Crippen molar-refractivity contribution in [3.05, 3.63) is 0 Å². The van der Waals surface area contributed by atoms with E-state index in [9.17, 15) is 4.79 Å². The summed E-state index contributed by atoms with van der Waals surface area (Å²) in [6.45, 7) is 11.1. The van der Waals surface area contributed by atoms with Crippen molar-refractivity contribution in [3.63, 3.8) is 0 Å². The van der Waals surface area contributed by atoms with Gasteiger partial charge in [0.05, 0.1) is 6.42 Å². The van der Waals surface area contributed by atoms with Gasteiger partial charge in [-0.2, -0.15) is 0 Å². The Morgan fingerprint density at radius 1 is 1.38 bits per heavy atom. The molecule has 0 aromatic rings. The van der Waals surface area contributed by atoms with Gasteiger partial charge in [0, 0.05) is 13.1 Å². The monoisotopic (exact) mass is 187 g/mol. The summed E-state index contributed by atoms with van der Waals surface area (Å²) in [7, 11) is 0. The zero-order valence-electron chi connectivity index (χ0n) is 9.13. The Bertz CT molecular complexity index is 161. The number of carboxylic acids is 1. The molecule has 0 radical (unpaired) electrons. The summed E-state index contributed by atoms with van der Waals surface area (Å²) in [5.74, 6) is -0.715. The third kappa shape index (κ3) is 7.78. The molecule has 0 rings (SSSR count). The van der Waals surface area contributed by atoms with Gasteiger partial charge in [0.1, 0.15) is 0 Å². The molecular formula is C10H21NO2. The summed E-state index contributed by atoms with van der Waals surface area (Å²) in [5, 5.41) is 8.53. The Hall–Kier alpha value is -0.570. The van der Waals surface area contributed by atoms with E-state index in [2.05, 4.69) is 32.6 Å². The first-order valence-electron chi connectivity index (χ1n) is 4.79. The van der Waals surface area contributed by atoms with Crippen LogP contribution in [0.4, 0.5) is 0 Å². The fourth-order valence-electron chi connectivity index (χ4n) is 1.27. The minimum atomic E-state index is -0.715. The molecule has 3 heteroatoms. The molecule has 78 valence electrons. The van der Waals surface area contributed by atoms with Crippen molar-refractivity contribution in [2.45, 2.75) is 34.1 Å². The van der Waals surface area contributed by atoms with Gasteiger partial charge in [0.2, 0.25) is 0 Å². The SMILES string of the molecule is CCN(CCC(=O)O)CC(C)(C)C. The minimum Gasteiger partial charge on any atom is -0.481 e. The summed E-state index contributed by atoms with van der Waals surface area (Å²) in [6.07, 6.45) is 0.240. The Morgan fingerprint density at radius 2 is 1.92 bits per heavy atom. The van der Waals surface area contributed by atoms with Crippen molar-refractivity contribution in [2.75, 3.05) is 19.6 Å². The van der Waals surface area contributed by atoms with Crippen LogP contribution < -0.4 is 0 Å². The second kappa shape index (κ2) is 5.22. The first-order chi connectivity index (χ1) is 5.85. The maximum absolute atomic E-state index is 10.4. The summed E-state index contributed by atoms with van der Waals surface area (Å²) < 4.78 is 0. The molecule has 0 unspecified atom stereocenters. The number of carboxylic acid groups (broad SMARTS) is 1. The van der Waals surface area contributed by atoms with E-state index in [0.29, 0.717) is 6.54 Å². The van der Waals surface area contributed by atoms with Crippen molar-refractivity contribution in [1.29, 1.82) is 0 Å². The highest BCUT2D eigenvalue weighted by Crippen LogP contribution is 2.14. The normalized spacial score (nSPS) is 12.1. The minimum absolute atomic E-state index is 0.240. The van der Waals surface area contributed by atoms with Gasteiger partial charge in [0.15, 0.2) is 0 Å². The molecule has 0 amide bonds. The molecule has 1 N–H and O–H groups in total. The van der Waals surface area contributed by atoms with E-state index in [4.69, 9.17) is 5.11 Å². The molecule has 3 nitrogen and oxygen atoms in total. The van der Waals surface area contributed by atoms with Gasteiger partial charge in [-0.25, -0.2) is 0 Å². The highest BCUT2D eigenvalue weighted by molar-refractivity contribution is 5.66. The van der Waals surface area contributed by atoms with Gasteiger partial charge in [0.25, 0.3) is 0 Å². The standard InChI is InChI=1S/C10H21NO2/c1-5-11(7-6-9(12)13)8-10(2,3)4/h5-8H2,1-4H3,(H,12,13). The fourth-order valence-corrected chi connectivity index (χ4v) is 1.27. The molecule has 0 aliphatic carbocycles. The maximum Gasteiger partial charge on any atom is 0.304 e. The lowest BCUT2D eigenvalue weighted by Crippen LogP contribution is -2.34. The zero-order valence-corrected chi connectivity index (χ0v) is 9.13. The fraction of sp³-hybridized carbons (Fsp3) is 0.900. The second-order valence-corrected chi connectivity index (χ2v) is 4.57. The third-order valence-corrected chi connectivity index (χ3v) is 1.79. The highest BCUT2D eigenvalue weighted by Gasteiger charge is 2.15. The van der Waals surface area contributed by atoms with Crippen molar-refractivity contribution in [3.8, 4) is 0 Å². The van der Waals surface area contributed by atoms with Crippen LogP contribution in [0.1, 0.15) is 34.1 Å². The first-order valence-corrected chi connectivity index (χ1v) is 4.79. The van der Waals surface area contributed by atoms with E-state index in [1.165, 1.54) is 0 Å². The molecule has 0 atom stereocenters.